The van der Waals surface area contributed by atoms with Crippen LogP contribution in [-0.4, -0.2) is 49.1 Å². The highest BCUT2D eigenvalue weighted by molar-refractivity contribution is 6.09. The summed E-state index contributed by atoms with van der Waals surface area (Å²) >= 11 is 0. The van der Waals surface area contributed by atoms with E-state index in [1.54, 1.807) is 60.5 Å². The third-order valence-electron chi connectivity index (χ3n) is 4.44. The smallest absolute Gasteiger partial charge is 0.256 e. The molecule has 1 N–H and O–H groups in total. The zero-order valence-electron chi connectivity index (χ0n) is 15.8. The van der Waals surface area contributed by atoms with E-state index in [1.807, 2.05) is 13.8 Å². The largest absolute Gasteiger partial charge is 0.497 e. The van der Waals surface area contributed by atoms with E-state index in [1.165, 1.54) is 0 Å². The molecule has 0 unspecified atom stereocenters. The number of morpholine rings is 1. The molecule has 2 amide bonds. The molecule has 2 atom stereocenters. The fourth-order valence-corrected chi connectivity index (χ4v) is 3.25. The summed E-state index contributed by atoms with van der Waals surface area (Å²) in [7, 11) is 1.55. The van der Waals surface area contributed by atoms with E-state index in [-0.39, 0.29) is 24.0 Å². The lowest BCUT2D eigenvalue weighted by atomic mass is 10.1. The van der Waals surface area contributed by atoms with Crippen molar-refractivity contribution in [2.75, 3.05) is 25.5 Å². The summed E-state index contributed by atoms with van der Waals surface area (Å²) in [6.07, 6.45) is -0.0347. The van der Waals surface area contributed by atoms with Crippen LogP contribution in [0.5, 0.6) is 5.75 Å². The fraction of sp³-hybridized carbons (Fsp3) is 0.333. The Bertz CT molecular complexity index is 826. The zero-order chi connectivity index (χ0) is 19.4. The molecule has 0 bridgehead atoms. The summed E-state index contributed by atoms with van der Waals surface area (Å²) in [5, 5.41) is 2.85. The summed E-state index contributed by atoms with van der Waals surface area (Å²) < 4.78 is 10.9. The Kier molecular flexibility index (Phi) is 5.76. The number of carbonyl (C=O) groups excluding carboxylic acids is 2. The van der Waals surface area contributed by atoms with E-state index in [0.717, 1.165) is 0 Å². The van der Waals surface area contributed by atoms with Gasteiger partial charge < -0.3 is 19.7 Å². The summed E-state index contributed by atoms with van der Waals surface area (Å²) in [5.41, 5.74) is 1.42. The molecule has 0 spiro atoms. The van der Waals surface area contributed by atoms with Gasteiger partial charge in [-0.05, 0) is 44.2 Å². The van der Waals surface area contributed by atoms with Gasteiger partial charge in [-0.15, -0.1) is 0 Å². The number of para-hydroxylation sites is 1. The highest BCUT2D eigenvalue weighted by atomic mass is 16.5. The number of ether oxygens (including phenoxy) is 2. The first kappa shape index (κ1) is 18.9. The maximum Gasteiger partial charge on any atom is 0.256 e. The Morgan fingerprint density at radius 3 is 2.48 bits per heavy atom. The molecule has 6 heteroatoms. The van der Waals surface area contributed by atoms with Crippen molar-refractivity contribution in [3.8, 4) is 5.75 Å². The van der Waals surface area contributed by atoms with Crippen molar-refractivity contribution in [2.24, 2.45) is 0 Å². The molecule has 3 rings (SSSR count). The molecule has 0 aromatic heterocycles. The van der Waals surface area contributed by atoms with Gasteiger partial charge in [-0.2, -0.15) is 0 Å². The number of methoxy groups -OCH3 is 1. The summed E-state index contributed by atoms with van der Waals surface area (Å²) in [6.45, 7) is 4.96. The van der Waals surface area contributed by atoms with E-state index in [0.29, 0.717) is 35.7 Å². The van der Waals surface area contributed by atoms with E-state index >= 15 is 0 Å². The predicted octanol–water partition coefficient (Wildman–Crippen LogP) is 3.20. The second-order valence-electron chi connectivity index (χ2n) is 6.70. The van der Waals surface area contributed by atoms with E-state index in [4.69, 9.17) is 9.47 Å². The molecule has 1 saturated heterocycles. The van der Waals surface area contributed by atoms with Crippen LogP contribution >= 0.6 is 0 Å². The second-order valence-corrected chi connectivity index (χ2v) is 6.70. The van der Waals surface area contributed by atoms with Gasteiger partial charge in [0, 0.05) is 18.7 Å². The van der Waals surface area contributed by atoms with Crippen LogP contribution in [0.3, 0.4) is 0 Å². The first-order chi connectivity index (χ1) is 13.0. The first-order valence-corrected chi connectivity index (χ1v) is 8.97. The quantitative estimate of drug-likeness (QED) is 0.900. The van der Waals surface area contributed by atoms with Crippen molar-refractivity contribution in [1.82, 2.24) is 4.90 Å². The third-order valence-corrected chi connectivity index (χ3v) is 4.44. The van der Waals surface area contributed by atoms with Crippen LogP contribution in [0.1, 0.15) is 34.6 Å². The molecule has 2 aromatic carbocycles. The van der Waals surface area contributed by atoms with Crippen LogP contribution in [0.15, 0.2) is 48.5 Å². The van der Waals surface area contributed by atoms with Crippen molar-refractivity contribution in [2.45, 2.75) is 26.1 Å². The predicted molar refractivity (Wildman–Crippen MR) is 103 cm³/mol. The molecular weight excluding hydrogens is 344 g/mol. The Labute approximate surface area is 159 Å². The third kappa shape index (κ3) is 4.46. The van der Waals surface area contributed by atoms with Crippen LogP contribution in [0.25, 0.3) is 0 Å². The lowest BCUT2D eigenvalue weighted by Gasteiger charge is -2.35. The van der Waals surface area contributed by atoms with Crippen molar-refractivity contribution in [1.29, 1.82) is 0 Å². The molecule has 2 aromatic rings. The molecule has 1 heterocycles. The highest BCUT2D eigenvalue weighted by Gasteiger charge is 2.28. The van der Waals surface area contributed by atoms with Crippen molar-refractivity contribution < 1.29 is 19.1 Å². The molecule has 0 radical (unpaired) electrons. The topological polar surface area (TPSA) is 67.9 Å². The van der Waals surface area contributed by atoms with Gasteiger partial charge >= 0.3 is 0 Å². The molecule has 27 heavy (non-hydrogen) atoms. The lowest BCUT2D eigenvalue weighted by molar-refractivity contribution is -0.0585. The summed E-state index contributed by atoms with van der Waals surface area (Å²) in [6, 6.07) is 13.9. The molecule has 1 aliphatic heterocycles. The fourth-order valence-electron chi connectivity index (χ4n) is 3.25. The monoisotopic (exact) mass is 368 g/mol. The minimum Gasteiger partial charge on any atom is -0.497 e. The number of nitrogens with one attached hydrogen (secondary N) is 1. The normalized spacial score (nSPS) is 19.4. The SMILES string of the molecule is COc1cccc(C(=O)Nc2ccccc2C(=O)N2C[C@@H](C)O[C@H](C)C2)c1. The van der Waals surface area contributed by atoms with Gasteiger partial charge in [-0.1, -0.05) is 18.2 Å². The Morgan fingerprint density at radius 1 is 1.07 bits per heavy atom. The maximum atomic E-state index is 13.0. The average molecular weight is 368 g/mol. The highest BCUT2D eigenvalue weighted by Crippen LogP contribution is 2.22. The Balaban J connectivity index is 1.81. The molecule has 1 aliphatic rings. The molecule has 1 fully saturated rings. The van der Waals surface area contributed by atoms with Crippen LogP contribution in [0, 0.1) is 0 Å². The molecule has 0 saturated carbocycles. The van der Waals surface area contributed by atoms with Crippen molar-refractivity contribution in [3.63, 3.8) is 0 Å². The molecular formula is C21H24N2O4. The van der Waals surface area contributed by atoms with Crippen LogP contribution < -0.4 is 10.1 Å². The standard InChI is InChI=1S/C21H24N2O4/c1-14-12-23(13-15(2)27-14)21(25)18-9-4-5-10-19(18)22-20(24)16-7-6-8-17(11-16)26-3/h4-11,14-15H,12-13H2,1-3H3,(H,22,24)/t14-,15-/m1/s1. The second kappa shape index (κ2) is 8.22. The van der Waals surface area contributed by atoms with Gasteiger partial charge in [-0.25, -0.2) is 0 Å². The summed E-state index contributed by atoms with van der Waals surface area (Å²) in [5.74, 6) is 0.194. The van der Waals surface area contributed by atoms with Gasteiger partial charge in [0.2, 0.25) is 0 Å². The van der Waals surface area contributed by atoms with Crippen LogP contribution in [-0.2, 0) is 4.74 Å². The number of carbonyl (C=O) groups is 2. The number of nitrogens with zero attached hydrogens (tertiary/aromatic N) is 1. The van der Waals surface area contributed by atoms with Gasteiger partial charge in [0.15, 0.2) is 0 Å². The minimum atomic E-state index is -0.294. The van der Waals surface area contributed by atoms with E-state index in [2.05, 4.69) is 5.32 Å². The Hall–Kier alpha value is -2.86. The molecule has 142 valence electrons. The Morgan fingerprint density at radius 2 is 1.78 bits per heavy atom. The summed E-state index contributed by atoms with van der Waals surface area (Å²) in [4.78, 5) is 27.4. The molecule has 6 nitrogen and oxygen atoms in total. The van der Waals surface area contributed by atoms with Crippen LogP contribution in [0.4, 0.5) is 5.69 Å². The number of anilines is 1. The number of hydrogen-bond acceptors (Lipinski definition) is 4. The van der Waals surface area contributed by atoms with Crippen LogP contribution in [0.2, 0.25) is 0 Å². The van der Waals surface area contributed by atoms with Crippen molar-refractivity contribution >= 4 is 17.5 Å². The van der Waals surface area contributed by atoms with E-state index in [9.17, 15) is 9.59 Å². The number of hydrogen-bond donors (Lipinski definition) is 1. The van der Waals surface area contributed by atoms with Gasteiger partial charge in [0.1, 0.15) is 5.75 Å². The van der Waals surface area contributed by atoms with Gasteiger partial charge in [0.05, 0.1) is 30.6 Å². The lowest BCUT2D eigenvalue weighted by Crippen LogP contribution is -2.48. The van der Waals surface area contributed by atoms with Gasteiger partial charge in [0.25, 0.3) is 11.8 Å². The van der Waals surface area contributed by atoms with E-state index < -0.39 is 0 Å². The maximum absolute atomic E-state index is 13.0. The van der Waals surface area contributed by atoms with Crippen molar-refractivity contribution in [3.05, 3.63) is 59.7 Å². The number of rotatable bonds is 4. The number of amides is 2. The zero-order valence-corrected chi connectivity index (χ0v) is 15.8. The first-order valence-electron chi connectivity index (χ1n) is 8.97. The number of benzene rings is 2. The van der Waals surface area contributed by atoms with Gasteiger partial charge in [-0.3, -0.25) is 9.59 Å². The minimum absolute atomic E-state index is 0.0174. The average Bonchev–Trinajstić information content (AvgIpc) is 2.67. The molecule has 0 aliphatic carbocycles.